The van der Waals surface area contributed by atoms with E-state index in [-0.39, 0.29) is 0 Å². The van der Waals surface area contributed by atoms with Crippen LogP contribution in [0.4, 0.5) is 0 Å². The van der Waals surface area contributed by atoms with Crippen molar-refractivity contribution < 1.29 is 15.6 Å². The van der Waals surface area contributed by atoms with Crippen LogP contribution in [-0.2, 0) is 23.7 Å². The molecule has 3 rings (SSSR count). The molecule has 0 aromatic heterocycles. The number of hydrogen-bond donors (Lipinski definition) is 0. The van der Waals surface area contributed by atoms with Gasteiger partial charge in [0.25, 0.3) is 0 Å². The summed E-state index contributed by atoms with van der Waals surface area (Å²) in [6.07, 6.45) is 31.3. The van der Waals surface area contributed by atoms with Crippen molar-refractivity contribution in [2.45, 2.75) is 162 Å². The van der Waals surface area contributed by atoms with E-state index in [1.165, 1.54) is 141 Å². The first kappa shape index (κ1) is 41.1. The molecule has 1 aliphatic rings. The molecule has 260 valence electrons. The molecule has 1 aliphatic heterocycles. The van der Waals surface area contributed by atoms with E-state index in [9.17, 15) is 5.53 Å². The Morgan fingerprint density at radius 2 is 0.870 bits per heavy atom. The van der Waals surface area contributed by atoms with E-state index in [0.717, 1.165) is 54.6 Å². The van der Waals surface area contributed by atoms with Crippen molar-refractivity contribution in [3.05, 3.63) is 88.0 Å². The quantitative estimate of drug-likeness (QED) is 0.0574. The van der Waals surface area contributed by atoms with Gasteiger partial charge in [0.15, 0.2) is 0 Å². The fourth-order valence-electron chi connectivity index (χ4n) is 6.37. The molecular formula is C41H62Br2N2Ni. The number of hydrogen-bond acceptors (Lipinski definition) is 0. The van der Waals surface area contributed by atoms with Crippen molar-refractivity contribution in [2.75, 3.05) is 0 Å². The Kier molecular flexibility index (Phi) is 24.0. The second-order valence-electron chi connectivity index (χ2n) is 13.1. The first-order chi connectivity index (χ1) is 22.6. The van der Waals surface area contributed by atoms with Crippen LogP contribution in [0.2, 0.25) is 0 Å². The SMILES string of the molecule is CCCCCCCCCCCCCCCCCc1ccc(C2=C(CCCC)C=C(c3ccc(CCCC)cc3)[N+]2=[N-])cc1.[Br][Ni][Br]. The minimum absolute atomic E-state index is 0.894. The average molecular weight is 801 g/mol. The summed E-state index contributed by atoms with van der Waals surface area (Å²) < 4.78 is 1.44. The van der Waals surface area contributed by atoms with Gasteiger partial charge in [-0.3, -0.25) is 0 Å². The first-order valence-electron chi connectivity index (χ1n) is 18.5. The molecule has 0 atom stereocenters. The Labute approximate surface area is 303 Å². The predicted octanol–water partition coefficient (Wildman–Crippen LogP) is 15.1. The normalized spacial score (nSPS) is 12.9. The van der Waals surface area contributed by atoms with Crippen molar-refractivity contribution in [1.29, 1.82) is 0 Å². The summed E-state index contributed by atoms with van der Waals surface area (Å²) in [6, 6.07) is 17.8. The zero-order valence-corrected chi connectivity index (χ0v) is 33.4. The fourth-order valence-corrected chi connectivity index (χ4v) is 6.37. The number of nitrogens with zero attached hydrogens (tertiary/aromatic N) is 2. The Morgan fingerprint density at radius 3 is 1.33 bits per heavy atom. The van der Waals surface area contributed by atoms with Crippen LogP contribution in [0.1, 0.15) is 171 Å². The average Bonchev–Trinajstić information content (AvgIpc) is 3.40. The van der Waals surface area contributed by atoms with Crippen LogP contribution in [0.5, 0.6) is 0 Å². The molecule has 46 heavy (non-hydrogen) atoms. The molecule has 5 heteroatoms. The molecule has 0 saturated heterocycles. The zero-order valence-electron chi connectivity index (χ0n) is 29.2. The Balaban J connectivity index is 0.00000236. The Bertz CT molecular complexity index is 1140. The van der Waals surface area contributed by atoms with E-state index in [1.807, 2.05) is 0 Å². The molecule has 2 aromatic carbocycles. The van der Waals surface area contributed by atoms with Gasteiger partial charge in [0.2, 0.25) is 11.4 Å². The second-order valence-corrected chi connectivity index (χ2v) is 18.0. The third kappa shape index (κ3) is 16.4. The topological polar surface area (TPSA) is 25.3 Å². The molecule has 0 saturated carbocycles. The number of aryl methyl sites for hydroxylation is 2. The third-order valence-electron chi connectivity index (χ3n) is 9.22. The van der Waals surface area contributed by atoms with Gasteiger partial charge >= 0.3 is 39.3 Å². The summed E-state index contributed by atoms with van der Waals surface area (Å²) in [6.45, 7) is 6.77. The van der Waals surface area contributed by atoms with Crippen molar-refractivity contribution in [2.24, 2.45) is 0 Å². The van der Waals surface area contributed by atoms with Gasteiger partial charge in [-0.05, 0) is 73.9 Å². The van der Waals surface area contributed by atoms with Crippen LogP contribution >= 0.6 is 28.5 Å². The molecule has 0 spiro atoms. The van der Waals surface area contributed by atoms with Gasteiger partial charge in [-0.25, -0.2) is 4.70 Å². The molecule has 0 unspecified atom stereocenters. The zero-order chi connectivity index (χ0) is 33.2. The summed E-state index contributed by atoms with van der Waals surface area (Å²) in [5, 5.41) is 0. The van der Waals surface area contributed by atoms with Gasteiger partial charge in [-0.2, -0.15) is 0 Å². The summed E-state index contributed by atoms with van der Waals surface area (Å²) in [4.78, 5) is 0. The van der Waals surface area contributed by atoms with E-state index in [4.69, 9.17) is 0 Å². The molecular weight excluding hydrogens is 739 g/mol. The second kappa shape index (κ2) is 26.9. The molecule has 0 fully saturated rings. The third-order valence-corrected chi connectivity index (χ3v) is 9.22. The van der Waals surface area contributed by atoms with Crippen molar-refractivity contribution in [3.8, 4) is 0 Å². The van der Waals surface area contributed by atoms with Crippen LogP contribution in [0.15, 0.2) is 60.2 Å². The number of benzene rings is 2. The minimum atomic E-state index is 0.894. The van der Waals surface area contributed by atoms with Gasteiger partial charge in [0, 0.05) is 22.8 Å². The van der Waals surface area contributed by atoms with Crippen LogP contribution in [0.25, 0.3) is 16.9 Å². The van der Waals surface area contributed by atoms with E-state index in [2.05, 4.69) is 104 Å². The fraction of sp³-hybridized carbons (Fsp3) is 0.610. The van der Waals surface area contributed by atoms with Gasteiger partial charge in [-0.15, -0.1) is 0 Å². The van der Waals surface area contributed by atoms with Gasteiger partial charge in [0.05, 0.1) is 0 Å². The number of unbranched alkanes of at least 4 members (excludes halogenated alkanes) is 16. The molecule has 2 nitrogen and oxygen atoms in total. The van der Waals surface area contributed by atoms with Crippen molar-refractivity contribution >= 4 is 39.8 Å². The maximum absolute atomic E-state index is 11.4. The maximum atomic E-state index is 11.4. The van der Waals surface area contributed by atoms with Crippen molar-refractivity contribution in [3.63, 3.8) is 0 Å². The van der Waals surface area contributed by atoms with E-state index in [0.29, 0.717) is 0 Å². The van der Waals surface area contributed by atoms with E-state index in [1.54, 1.807) is 0 Å². The van der Waals surface area contributed by atoms with E-state index < -0.39 is 0 Å². The molecule has 1 heterocycles. The molecule has 0 radical (unpaired) electrons. The van der Waals surface area contributed by atoms with Gasteiger partial charge in [0.1, 0.15) is 0 Å². The predicted molar refractivity (Wildman–Crippen MR) is 206 cm³/mol. The summed E-state index contributed by atoms with van der Waals surface area (Å²) >= 11 is 6.00. The number of allylic oxidation sites excluding steroid dienone is 2. The molecule has 0 aliphatic carbocycles. The molecule has 0 bridgehead atoms. The molecule has 2 aromatic rings. The summed E-state index contributed by atoms with van der Waals surface area (Å²) in [5.41, 5.74) is 19.4. The standard InChI is InChI=1S/C41H62N2.2BrH.Ni/c1-4-7-10-11-12-13-14-15-16-17-18-19-20-21-22-24-36-28-32-38(33-29-36)41-39(25-9-6-3)34-40(43(41)42)37-30-26-35(27-31-37)23-8-5-2;;;/h26-34H,4-25H2,1-3H3;2*1H;/q;;;+2/p-2. The van der Waals surface area contributed by atoms with Crippen LogP contribution < -0.4 is 0 Å². The number of halogens is 2. The first-order valence-corrected chi connectivity index (χ1v) is 23.4. The van der Waals surface area contributed by atoms with Crippen LogP contribution in [0, 0.1) is 0 Å². The Hall–Kier alpha value is -1.03. The van der Waals surface area contributed by atoms with E-state index >= 15 is 0 Å². The van der Waals surface area contributed by atoms with Gasteiger partial charge < -0.3 is 5.53 Å². The van der Waals surface area contributed by atoms with Crippen LogP contribution in [0.3, 0.4) is 0 Å². The Morgan fingerprint density at radius 1 is 0.500 bits per heavy atom. The number of rotatable bonds is 24. The summed E-state index contributed by atoms with van der Waals surface area (Å²) in [7, 11) is 1.25. The monoisotopic (exact) mass is 798 g/mol. The summed E-state index contributed by atoms with van der Waals surface area (Å²) in [5.74, 6) is 0. The van der Waals surface area contributed by atoms with Crippen molar-refractivity contribution in [1.82, 2.24) is 0 Å². The van der Waals surface area contributed by atoms with Gasteiger partial charge in [-0.1, -0.05) is 148 Å². The van der Waals surface area contributed by atoms with Crippen LogP contribution in [-0.4, -0.2) is 4.70 Å². The molecule has 0 N–H and O–H groups in total. The molecule has 0 amide bonds.